The molecule has 0 aromatic heterocycles. The molecule has 86 heavy (non-hydrogen) atoms. The van der Waals surface area contributed by atoms with E-state index in [4.69, 9.17) is 9.47 Å². The Balaban J connectivity index is 0.000000205. The molecule has 10 nitrogen and oxygen atoms in total. The lowest BCUT2D eigenvalue weighted by atomic mass is 9.80. The number of esters is 2. The first-order chi connectivity index (χ1) is 41.5. The van der Waals surface area contributed by atoms with E-state index >= 15 is 0 Å². The summed E-state index contributed by atoms with van der Waals surface area (Å²) in [5.41, 5.74) is 6.74. The number of alkyl halides is 6. The van der Waals surface area contributed by atoms with Gasteiger partial charge >= 0.3 is 24.3 Å². The first kappa shape index (κ1) is 61.5. The quantitative estimate of drug-likeness (QED) is 0.0726. The van der Waals surface area contributed by atoms with Gasteiger partial charge in [0.1, 0.15) is 6.04 Å². The van der Waals surface area contributed by atoms with E-state index in [9.17, 15) is 45.5 Å². The SMILES string of the molecule is CCOC(=O)C(c1ccccc1)C1CCN(c2ccc(NC(=O)c3ccccc3-c3ccc(C(F)(F)F)cc3)cc2)CC1.CCOC(=O)C(c1ccccc1)N1CCC(c2ccc(NC(=O)c3ccccc3-c3ccc(C(F)(F)F)cc3)cc2)CC1. The first-order valence-corrected chi connectivity index (χ1v) is 28.8. The summed E-state index contributed by atoms with van der Waals surface area (Å²) in [6.45, 7) is 7.42. The third-order valence-electron chi connectivity index (χ3n) is 15.8. The molecule has 16 heteroatoms. The van der Waals surface area contributed by atoms with Gasteiger partial charge in [0.05, 0.1) is 30.3 Å². The molecule has 2 saturated heterocycles. The Bertz CT molecular complexity index is 3300. The largest absolute Gasteiger partial charge is 0.466 e. The Hall–Kier alpha value is -9.02. The monoisotopic (exact) mass is 1170 g/mol. The molecule has 0 spiro atoms. The zero-order valence-corrected chi connectivity index (χ0v) is 47.6. The van der Waals surface area contributed by atoms with E-state index in [2.05, 4.69) is 20.4 Å². The van der Waals surface area contributed by atoms with Crippen LogP contribution in [0.15, 0.2) is 206 Å². The predicted octanol–water partition coefficient (Wildman–Crippen LogP) is 16.3. The second-order valence-corrected chi connectivity index (χ2v) is 21.2. The lowest BCUT2D eigenvalue weighted by Crippen LogP contribution is -2.40. The second-order valence-electron chi connectivity index (χ2n) is 21.2. The van der Waals surface area contributed by atoms with Crippen LogP contribution in [-0.2, 0) is 31.4 Å². The van der Waals surface area contributed by atoms with Gasteiger partial charge in [-0.25, -0.2) is 4.79 Å². The molecule has 2 atom stereocenters. The van der Waals surface area contributed by atoms with Gasteiger partial charge in [0.25, 0.3) is 11.8 Å². The molecule has 2 aliphatic heterocycles. The van der Waals surface area contributed by atoms with Gasteiger partial charge in [0, 0.05) is 41.3 Å². The fourth-order valence-corrected chi connectivity index (χ4v) is 11.4. The van der Waals surface area contributed by atoms with Crippen LogP contribution in [0, 0.1) is 5.92 Å². The zero-order valence-electron chi connectivity index (χ0n) is 47.6. The van der Waals surface area contributed by atoms with Gasteiger partial charge in [-0.05, 0) is 176 Å². The average Bonchev–Trinajstić information content (AvgIpc) is 2.25. The van der Waals surface area contributed by atoms with Crippen molar-refractivity contribution >= 4 is 40.8 Å². The number of nitrogens with one attached hydrogen (secondary N) is 2. The van der Waals surface area contributed by atoms with Gasteiger partial charge in [-0.1, -0.05) is 133 Å². The van der Waals surface area contributed by atoms with Crippen molar-refractivity contribution in [1.82, 2.24) is 4.90 Å². The number of likely N-dealkylation sites (tertiary alicyclic amines) is 1. The summed E-state index contributed by atoms with van der Waals surface area (Å²) in [5, 5.41) is 5.83. The molecule has 2 unspecified atom stereocenters. The van der Waals surface area contributed by atoms with E-state index in [0.29, 0.717) is 63.9 Å². The molecule has 8 aromatic carbocycles. The summed E-state index contributed by atoms with van der Waals surface area (Å²) < 4.78 is 88.8. The molecule has 2 fully saturated rings. The van der Waals surface area contributed by atoms with Crippen LogP contribution in [-0.4, -0.2) is 68.0 Å². The van der Waals surface area contributed by atoms with E-state index in [1.165, 1.54) is 24.3 Å². The Kier molecular flexibility index (Phi) is 20.2. The fourth-order valence-electron chi connectivity index (χ4n) is 11.4. The van der Waals surface area contributed by atoms with Crippen LogP contribution in [0.1, 0.15) is 106 Å². The number of carbonyl (C=O) groups is 4. The smallest absolute Gasteiger partial charge is 0.416 e. The molecule has 2 amide bonds. The standard InChI is InChI=1S/2C35H33F3N2O3/c1-2-43-34(42)32(27-8-4-3-5-9-27)40-22-20-25(21-23-40)24-14-18-29(19-15-24)39-33(41)31-11-7-6-10-30(31)26-12-16-28(17-13-26)35(36,37)38;1-2-43-34(42)32(25-8-4-3-5-9-25)26-20-22-40(23-21-26)29-18-16-28(17-19-29)39-33(41)31-11-7-6-10-30(31)24-12-14-27(15-13-24)35(36,37)38/h3-19,25,32H,2,20-23H2,1H3,(H,39,41);3-19,26,32H,2,20-23H2,1H3,(H,39,41). The van der Waals surface area contributed by atoms with Gasteiger partial charge in [-0.2, -0.15) is 26.3 Å². The summed E-state index contributed by atoms with van der Waals surface area (Å²) in [5.74, 6) is -0.885. The molecule has 444 valence electrons. The number of piperidine rings is 2. The maximum absolute atomic E-state index is 13.2. The highest BCUT2D eigenvalue weighted by Crippen LogP contribution is 2.38. The molecular weight excluding hydrogens is 1110 g/mol. The van der Waals surface area contributed by atoms with Crippen molar-refractivity contribution in [2.75, 3.05) is 54.9 Å². The van der Waals surface area contributed by atoms with Crippen molar-refractivity contribution in [1.29, 1.82) is 0 Å². The molecule has 2 aliphatic rings. The Morgan fingerprint density at radius 2 is 0.895 bits per heavy atom. The van der Waals surface area contributed by atoms with Crippen LogP contribution in [0.5, 0.6) is 0 Å². The van der Waals surface area contributed by atoms with Gasteiger partial charge in [-0.3, -0.25) is 19.3 Å². The van der Waals surface area contributed by atoms with Crippen molar-refractivity contribution in [2.45, 2.75) is 69.8 Å². The van der Waals surface area contributed by atoms with Crippen molar-refractivity contribution < 1.29 is 55.0 Å². The summed E-state index contributed by atoms with van der Waals surface area (Å²) in [6.07, 6.45) is -5.39. The summed E-state index contributed by atoms with van der Waals surface area (Å²) >= 11 is 0. The minimum atomic E-state index is -4.43. The highest BCUT2D eigenvalue weighted by Gasteiger charge is 2.36. The van der Waals surface area contributed by atoms with Crippen LogP contribution in [0.3, 0.4) is 0 Å². The molecule has 0 aliphatic carbocycles. The minimum Gasteiger partial charge on any atom is -0.466 e. The van der Waals surface area contributed by atoms with Crippen LogP contribution < -0.4 is 15.5 Å². The topological polar surface area (TPSA) is 117 Å². The summed E-state index contributed by atoms with van der Waals surface area (Å²) in [4.78, 5) is 56.6. The van der Waals surface area contributed by atoms with Crippen LogP contribution >= 0.6 is 0 Å². The number of benzene rings is 8. The van der Waals surface area contributed by atoms with E-state index < -0.39 is 29.5 Å². The van der Waals surface area contributed by atoms with Crippen LogP contribution in [0.4, 0.5) is 43.4 Å². The number of halogens is 6. The lowest BCUT2D eigenvalue weighted by molar-refractivity contribution is -0.150. The summed E-state index contributed by atoms with van der Waals surface area (Å²) in [6, 6.07) is 57.7. The van der Waals surface area contributed by atoms with E-state index in [-0.39, 0.29) is 35.6 Å². The number of carbonyl (C=O) groups excluding carboxylic acids is 4. The number of hydrogen-bond donors (Lipinski definition) is 2. The predicted molar refractivity (Wildman–Crippen MR) is 323 cm³/mol. The van der Waals surface area contributed by atoms with Crippen LogP contribution in [0.2, 0.25) is 0 Å². The Morgan fingerprint density at radius 1 is 0.477 bits per heavy atom. The lowest BCUT2D eigenvalue weighted by Gasteiger charge is -2.36. The maximum Gasteiger partial charge on any atom is 0.416 e. The van der Waals surface area contributed by atoms with Crippen LogP contribution in [0.25, 0.3) is 22.3 Å². The average molecular weight is 1170 g/mol. The van der Waals surface area contributed by atoms with Crippen molar-refractivity contribution in [3.8, 4) is 22.3 Å². The van der Waals surface area contributed by atoms with Gasteiger partial charge in [-0.15, -0.1) is 0 Å². The fraction of sp³-hybridized carbons (Fsp3) is 0.257. The number of nitrogens with zero attached hydrogens (tertiary/aromatic N) is 2. The molecule has 2 heterocycles. The Morgan fingerprint density at radius 3 is 1.35 bits per heavy atom. The van der Waals surface area contributed by atoms with E-state index in [0.717, 1.165) is 98.5 Å². The number of amides is 2. The van der Waals surface area contributed by atoms with Gasteiger partial charge in [0.15, 0.2) is 0 Å². The van der Waals surface area contributed by atoms with Crippen molar-refractivity contribution in [2.24, 2.45) is 5.92 Å². The number of rotatable bonds is 16. The molecule has 0 radical (unpaired) electrons. The zero-order chi connectivity index (χ0) is 60.8. The van der Waals surface area contributed by atoms with Crippen molar-refractivity contribution in [3.05, 3.63) is 245 Å². The maximum atomic E-state index is 13.2. The highest BCUT2D eigenvalue weighted by molar-refractivity contribution is 6.09. The first-order valence-electron chi connectivity index (χ1n) is 28.8. The molecule has 8 aromatic rings. The van der Waals surface area contributed by atoms with Crippen molar-refractivity contribution in [3.63, 3.8) is 0 Å². The molecular formula is C70H66F6N4O6. The van der Waals surface area contributed by atoms with E-state index in [1.54, 1.807) is 48.5 Å². The highest BCUT2D eigenvalue weighted by atomic mass is 19.4. The summed E-state index contributed by atoms with van der Waals surface area (Å²) in [7, 11) is 0. The molecule has 10 rings (SSSR count). The number of ether oxygens (including phenoxy) is 2. The van der Waals surface area contributed by atoms with E-state index in [1.807, 2.05) is 123 Å². The third-order valence-corrected chi connectivity index (χ3v) is 15.8. The molecule has 0 bridgehead atoms. The Labute approximate surface area is 496 Å². The number of hydrogen-bond acceptors (Lipinski definition) is 8. The normalized spacial score (nSPS) is 14.9. The third kappa shape index (κ3) is 15.4. The second kappa shape index (κ2) is 28.2. The molecule has 0 saturated carbocycles. The van der Waals surface area contributed by atoms with Gasteiger partial charge < -0.3 is 25.0 Å². The minimum absolute atomic E-state index is 0.174. The number of anilines is 3. The molecule has 2 N–H and O–H groups in total. The van der Waals surface area contributed by atoms with Gasteiger partial charge in [0.2, 0.25) is 0 Å².